The third-order valence-corrected chi connectivity index (χ3v) is 8.83. The second-order valence-electron chi connectivity index (χ2n) is 9.39. The van der Waals surface area contributed by atoms with Crippen molar-refractivity contribution >= 4 is 40.5 Å². The number of aromatic nitrogens is 2. The maximum absolute atomic E-state index is 14.2. The van der Waals surface area contributed by atoms with Gasteiger partial charge in [0.05, 0.1) is 21.0 Å². The van der Waals surface area contributed by atoms with Crippen LogP contribution in [0.25, 0.3) is 10.6 Å². The Kier molecular flexibility index (Phi) is 6.43. The number of hydrogen-bond acceptors (Lipinski definition) is 7. The monoisotopic (exact) mass is 502 g/mol. The number of alkyl halides is 1. The van der Waals surface area contributed by atoms with Crippen LogP contribution in [0.1, 0.15) is 58.8 Å². The summed E-state index contributed by atoms with van der Waals surface area (Å²) in [5.74, 6) is -1.40. The van der Waals surface area contributed by atoms with Crippen LogP contribution in [-0.4, -0.2) is 63.4 Å². The lowest BCUT2D eigenvalue weighted by Gasteiger charge is -2.34. The molecule has 0 unspecified atom stereocenters. The van der Waals surface area contributed by atoms with Gasteiger partial charge in [0.15, 0.2) is 5.78 Å². The lowest BCUT2D eigenvalue weighted by atomic mass is 9.75. The zero-order chi connectivity index (χ0) is 24.0. The Hall–Kier alpha value is -2.36. The fourth-order valence-electron chi connectivity index (χ4n) is 5.64. The summed E-state index contributed by atoms with van der Waals surface area (Å²) in [5.41, 5.74) is 8.01. The molecule has 2 aromatic rings. The number of carbonyl (C=O) groups excluding carboxylic acids is 3. The molecule has 0 spiro atoms. The Balaban J connectivity index is 1.59. The number of halogens is 1. The number of amides is 2. The molecule has 4 heterocycles. The molecule has 0 bridgehead atoms. The molecule has 10 heteroatoms. The molecule has 0 aromatic carbocycles. The largest absolute Gasteiger partial charge is 0.366 e. The number of fused-ring (bicyclic) bond motifs is 1. The number of nitrogens with two attached hydrogens (primary N) is 1. The van der Waals surface area contributed by atoms with Crippen LogP contribution in [0.2, 0.25) is 0 Å². The van der Waals surface area contributed by atoms with Crippen LogP contribution < -0.4 is 5.73 Å². The number of ketones is 1. The second kappa shape index (κ2) is 9.36. The molecule has 2 saturated heterocycles. The Labute approximate surface area is 206 Å². The summed E-state index contributed by atoms with van der Waals surface area (Å²) in [6.07, 6.45) is 6.05. The molecule has 2 aromatic heterocycles. The zero-order valence-corrected chi connectivity index (χ0v) is 20.5. The first-order chi connectivity index (χ1) is 16.4. The molecule has 2 amide bonds. The SMILES string of the molecule is Cc1ccnnc1-c1cc([C@@H](C(=O)N2C[C@H](Cl)[C@H]3OCC(=O)[C@H]32)C2CCCCC2)c(C(N)=O)s1. The lowest BCUT2D eigenvalue weighted by molar-refractivity contribution is -0.139. The molecule has 34 heavy (non-hydrogen) atoms. The molecule has 5 rings (SSSR count). The first kappa shape index (κ1) is 23.4. The van der Waals surface area contributed by atoms with Crippen LogP contribution in [0.15, 0.2) is 18.3 Å². The van der Waals surface area contributed by atoms with E-state index in [4.69, 9.17) is 22.1 Å². The van der Waals surface area contributed by atoms with Gasteiger partial charge in [-0.25, -0.2) is 0 Å². The van der Waals surface area contributed by atoms with E-state index in [1.54, 1.807) is 11.1 Å². The third kappa shape index (κ3) is 4.03. The van der Waals surface area contributed by atoms with Gasteiger partial charge in [0.25, 0.3) is 5.91 Å². The van der Waals surface area contributed by atoms with Gasteiger partial charge in [0.2, 0.25) is 5.91 Å². The summed E-state index contributed by atoms with van der Waals surface area (Å²) in [5, 5.41) is 7.80. The minimum atomic E-state index is -0.668. The van der Waals surface area contributed by atoms with Crippen molar-refractivity contribution in [3.63, 3.8) is 0 Å². The molecule has 8 nitrogen and oxygen atoms in total. The zero-order valence-electron chi connectivity index (χ0n) is 18.9. The van der Waals surface area contributed by atoms with Gasteiger partial charge in [0.1, 0.15) is 24.4 Å². The molecule has 3 aliphatic rings. The quantitative estimate of drug-likeness (QED) is 0.628. The number of Topliss-reactive ketones (excluding diaryl/α,β-unsaturated/α-hetero) is 1. The van der Waals surface area contributed by atoms with E-state index in [9.17, 15) is 14.4 Å². The number of carbonyl (C=O) groups is 3. The van der Waals surface area contributed by atoms with Crippen LogP contribution >= 0.6 is 22.9 Å². The number of likely N-dealkylation sites (tertiary alicyclic amines) is 1. The van der Waals surface area contributed by atoms with Gasteiger partial charge in [-0.1, -0.05) is 19.3 Å². The van der Waals surface area contributed by atoms with Crippen LogP contribution in [-0.2, 0) is 14.3 Å². The summed E-state index contributed by atoms with van der Waals surface area (Å²) in [6.45, 7) is 2.14. The predicted molar refractivity (Wildman–Crippen MR) is 128 cm³/mol. The van der Waals surface area contributed by atoms with Crippen molar-refractivity contribution < 1.29 is 19.1 Å². The summed E-state index contributed by atoms with van der Waals surface area (Å²) in [4.78, 5) is 42.0. The minimum absolute atomic E-state index is 0.0302. The number of hydrogen-bond donors (Lipinski definition) is 1. The Bertz CT molecular complexity index is 1130. The number of ether oxygens (including phenoxy) is 1. The molecular formula is C24H27ClN4O4S. The first-order valence-corrected chi connectivity index (χ1v) is 12.9. The average molecular weight is 503 g/mol. The van der Waals surface area contributed by atoms with E-state index in [1.807, 2.05) is 19.1 Å². The van der Waals surface area contributed by atoms with Gasteiger partial charge in [-0.05, 0) is 48.9 Å². The minimum Gasteiger partial charge on any atom is -0.366 e. The molecule has 2 N–H and O–H groups in total. The number of rotatable bonds is 5. The molecule has 3 fully saturated rings. The Morgan fingerprint density at radius 3 is 2.76 bits per heavy atom. The van der Waals surface area contributed by atoms with Gasteiger partial charge in [0, 0.05) is 12.7 Å². The van der Waals surface area contributed by atoms with Crippen molar-refractivity contribution in [2.24, 2.45) is 11.7 Å². The molecule has 0 radical (unpaired) electrons. The van der Waals surface area contributed by atoms with Crippen LogP contribution in [0.3, 0.4) is 0 Å². The van der Waals surface area contributed by atoms with E-state index in [0.29, 0.717) is 16.1 Å². The van der Waals surface area contributed by atoms with Crippen LogP contribution in [0.5, 0.6) is 0 Å². The topological polar surface area (TPSA) is 115 Å². The van der Waals surface area contributed by atoms with Gasteiger partial charge >= 0.3 is 0 Å². The number of thiophene rings is 1. The highest BCUT2D eigenvalue weighted by molar-refractivity contribution is 7.17. The predicted octanol–water partition coefficient (Wildman–Crippen LogP) is 3.06. The van der Waals surface area contributed by atoms with E-state index < -0.39 is 29.3 Å². The fraction of sp³-hybridized carbons (Fsp3) is 0.542. The summed E-state index contributed by atoms with van der Waals surface area (Å²) >= 11 is 7.72. The summed E-state index contributed by atoms with van der Waals surface area (Å²) < 4.78 is 5.59. The normalized spacial score (nSPS) is 26.0. The van der Waals surface area contributed by atoms with E-state index in [-0.39, 0.29) is 30.8 Å². The van der Waals surface area contributed by atoms with Crippen LogP contribution in [0.4, 0.5) is 0 Å². The van der Waals surface area contributed by atoms with Gasteiger partial charge in [-0.3, -0.25) is 14.4 Å². The lowest BCUT2D eigenvalue weighted by Crippen LogP contribution is -2.46. The molecule has 180 valence electrons. The van der Waals surface area contributed by atoms with Crippen molar-refractivity contribution in [2.45, 2.75) is 62.5 Å². The summed E-state index contributed by atoms with van der Waals surface area (Å²) in [6, 6.07) is 3.06. The van der Waals surface area contributed by atoms with Crippen molar-refractivity contribution in [3.05, 3.63) is 34.3 Å². The van der Waals surface area contributed by atoms with E-state index in [2.05, 4.69) is 10.2 Å². The molecule has 2 aliphatic heterocycles. The third-order valence-electron chi connectivity index (χ3n) is 7.27. The highest BCUT2D eigenvalue weighted by Crippen LogP contribution is 2.44. The number of aryl methyl sites for hydroxylation is 1. The van der Waals surface area contributed by atoms with Gasteiger partial charge in [-0.15, -0.1) is 28.0 Å². The van der Waals surface area contributed by atoms with Crippen molar-refractivity contribution in [2.75, 3.05) is 13.2 Å². The Morgan fingerprint density at radius 1 is 1.29 bits per heavy atom. The molecule has 1 saturated carbocycles. The van der Waals surface area contributed by atoms with Crippen LogP contribution in [0, 0.1) is 12.8 Å². The van der Waals surface area contributed by atoms with Gasteiger partial charge in [-0.2, -0.15) is 5.10 Å². The van der Waals surface area contributed by atoms with E-state index >= 15 is 0 Å². The maximum atomic E-state index is 14.2. The highest BCUT2D eigenvalue weighted by atomic mass is 35.5. The summed E-state index contributed by atoms with van der Waals surface area (Å²) in [7, 11) is 0. The fourth-order valence-corrected chi connectivity index (χ4v) is 7.11. The Morgan fingerprint density at radius 2 is 2.06 bits per heavy atom. The van der Waals surface area contributed by atoms with Crippen molar-refractivity contribution in [1.29, 1.82) is 0 Å². The van der Waals surface area contributed by atoms with Crippen molar-refractivity contribution in [1.82, 2.24) is 15.1 Å². The molecular weight excluding hydrogens is 476 g/mol. The van der Waals surface area contributed by atoms with E-state index in [0.717, 1.165) is 42.5 Å². The second-order valence-corrected chi connectivity index (χ2v) is 11.0. The number of nitrogens with zero attached hydrogens (tertiary/aromatic N) is 3. The maximum Gasteiger partial charge on any atom is 0.259 e. The molecule has 4 atom stereocenters. The van der Waals surface area contributed by atoms with Gasteiger partial charge < -0.3 is 15.4 Å². The number of primary amides is 1. The highest BCUT2D eigenvalue weighted by Gasteiger charge is 2.53. The first-order valence-electron chi connectivity index (χ1n) is 11.7. The van der Waals surface area contributed by atoms with E-state index in [1.165, 1.54) is 11.3 Å². The molecule has 1 aliphatic carbocycles. The smallest absolute Gasteiger partial charge is 0.259 e. The average Bonchev–Trinajstić information content (AvgIpc) is 3.51. The van der Waals surface area contributed by atoms with Crippen molar-refractivity contribution in [3.8, 4) is 10.6 Å². The standard InChI is InChI=1S/C24H27ClN4O4S/c1-12-7-8-27-28-19(12)17-9-14(22(34-17)23(26)31)18(13-5-3-2-4-6-13)24(32)29-10-15(25)21-20(29)16(30)11-33-21/h7-9,13,15,18,20-21H,2-6,10-11H2,1H3,(H2,26,31)/t15-,18-,20+,21+/m0/s1.